The third-order valence-electron chi connectivity index (χ3n) is 3.92. The Hall–Kier alpha value is -1.64. The summed E-state index contributed by atoms with van der Waals surface area (Å²) in [5, 5.41) is 13.5. The third kappa shape index (κ3) is 2.49. The number of aliphatic hydroxyl groups is 1. The number of nitrogens with one attached hydrogen (secondary N) is 1. The smallest absolute Gasteiger partial charge is 0.0914 e. The second kappa shape index (κ2) is 5.39. The van der Waals surface area contributed by atoms with Crippen molar-refractivity contribution in [3.8, 4) is 11.1 Å². The van der Waals surface area contributed by atoms with Gasteiger partial charge in [-0.1, -0.05) is 56.3 Å². The summed E-state index contributed by atoms with van der Waals surface area (Å²) in [6.45, 7) is 4.78. The van der Waals surface area contributed by atoms with Crippen molar-refractivity contribution in [3.05, 3.63) is 59.2 Å². The van der Waals surface area contributed by atoms with Crippen LogP contribution < -0.4 is 5.32 Å². The summed E-state index contributed by atoms with van der Waals surface area (Å²) in [5.74, 6) is 0. The van der Waals surface area contributed by atoms with Crippen LogP contribution in [-0.2, 0) is 6.42 Å². The zero-order valence-electron chi connectivity index (χ0n) is 12.1. The molecule has 2 aromatic rings. The summed E-state index contributed by atoms with van der Waals surface area (Å²) in [6.07, 6.45) is 0.537. The average molecular weight is 267 g/mol. The molecule has 0 saturated carbocycles. The van der Waals surface area contributed by atoms with Gasteiger partial charge in [0.15, 0.2) is 0 Å². The van der Waals surface area contributed by atoms with Crippen molar-refractivity contribution in [2.24, 2.45) is 0 Å². The van der Waals surface area contributed by atoms with E-state index in [2.05, 4.69) is 55.6 Å². The Morgan fingerprint density at radius 2 is 1.80 bits per heavy atom. The molecule has 2 nitrogen and oxygen atoms in total. The topological polar surface area (TPSA) is 32.3 Å². The van der Waals surface area contributed by atoms with Crippen LogP contribution in [0.2, 0.25) is 0 Å². The van der Waals surface area contributed by atoms with E-state index >= 15 is 0 Å². The van der Waals surface area contributed by atoms with Gasteiger partial charge in [0.1, 0.15) is 0 Å². The van der Waals surface area contributed by atoms with E-state index in [1.54, 1.807) is 0 Å². The van der Waals surface area contributed by atoms with Crippen molar-refractivity contribution in [2.75, 3.05) is 6.54 Å². The first kappa shape index (κ1) is 13.3. The van der Waals surface area contributed by atoms with Crippen LogP contribution in [0.25, 0.3) is 11.1 Å². The van der Waals surface area contributed by atoms with Crippen molar-refractivity contribution in [2.45, 2.75) is 32.4 Å². The van der Waals surface area contributed by atoms with E-state index in [0.717, 1.165) is 12.0 Å². The second-order valence-corrected chi connectivity index (χ2v) is 5.83. The van der Waals surface area contributed by atoms with Gasteiger partial charge in [0.05, 0.1) is 6.10 Å². The standard InChI is InChI=1S/C18H21NO/c1-12(2)19-11-18(20)14-7-8-17-15(10-14)9-13-5-3-4-6-16(13)17/h3-8,10,12,18-20H,9,11H2,1-2H3/t18-/m1/s1. The Bertz CT molecular complexity index is 619. The molecule has 0 heterocycles. The van der Waals surface area contributed by atoms with E-state index < -0.39 is 6.10 Å². The lowest BCUT2D eigenvalue weighted by molar-refractivity contribution is 0.171. The first-order valence-electron chi connectivity index (χ1n) is 7.27. The number of benzene rings is 2. The molecule has 0 spiro atoms. The minimum absolute atomic E-state index is 0.392. The molecule has 1 aliphatic rings. The Labute approximate surface area is 120 Å². The van der Waals surface area contributed by atoms with Crippen molar-refractivity contribution >= 4 is 0 Å². The maximum Gasteiger partial charge on any atom is 0.0914 e. The molecule has 0 amide bonds. The second-order valence-electron chi connectivity index (χ2n) is 5.83. The molecule has 0 radical (unpaired) electrons. The summed E-state index contributed by atoms with van der Waals surface area (Å²) < 4.78 is 0. The molecule has 2 N–H and O–H groups in total. The highest BCUT2D eigenvalue weighted by atomic mass is 16.3. The van der Waals surface area contributed by atoms with Crippen LogP contribution in [0.1, 0.15) is 36.6 Å². The van der Waals surface area contributed by atoms with Gasteiger partial charge in [-0.15, -0.1) is 0 Å². The SMILES string of the molecule is CC(C)NC[C@@H](O)c1ccc2c(c1)Cc1ccccc1-2. The van der Waals surface area contributed by atoms with Gasteiger partial charge in [-0.2, -0.15) is 0 Å². The van der Waals surface area contributed by atoms with Crippen LogP contribution in [0.15, 0.2) is 42.5 Å². The molecule has 2 aromatic carbocycles. The molecule has 1 aliphatic carbocycles. The predicted octanol–water partition coefficient (Wildman–Crippen LogP) is 3.29. The summed E-state index contributed by atoms with van der Waals surface area (Å²) in [6, 6.07) is 15.3. The van der Waals surface area contributed by atoms with Crippen molar-refractivity contribution < 1.29 is 5.11 Å². The number of aliphatic hydroxyl groups excluding tert-OH is 1. The number of hydrogen-bond donors (Lipinski definition) is 2. The maximum absolute atomic E-state index is 10.3. The number of rotatable bonds is 4. The van der Waals surface area contributed by atoms with Gasteiger partial charge in [0, 0.05) is 12.6 Å². The quantitative estimate of drug-likeness (QED) is 0.760. The summed E-state index contributed by atoms with van der Waals surface area (Å²) in [4.78, 5) is 0. The van der Waals surface area contributed by atoms with E-state index in [9.17, 15) is 5.11 Å². The van der Waals surface area contributed by atoms with E-state index in [4.69, 9.17) is 0 Å². The molecule has 0 saturated heterocycles. The Kier molecular flexibility index (Phi) is 3.60. The first-order valence-corrected chi connectivity index (χ1v) is 7.27. The lowest BCUT2D eigenvalue weighted by atomic mass is 10.0. The van der Waals surface area contributed by atoms with Gasteiger partial charge in [0.2, 0.25) is 0 Å². The zero-order valence-corrected chi connectivity index (χ0v) is 12.1. The minimum Gasteiger partial charge on any atom is -0.387 e. The monoisotopic (exact) mass is 267 g/mol. The van der Waals surface area contributed by atoms with Gasteiger partial charge in [-0.05, 0) is 34.2 Å². The molecule has 0 fully saturated rings. The number of hydrogen-bond acceptors (Lipinski definition) is 2. The average Bonchev–Trinajstić information content (AvgIpc) is 2.82. The lowest BCUT2D eigenvalue weighted by Gasteiger charge is -2.15. The molecule has 0 aliphatic heterocycles. The molecule has 104 valence electrons. The van der Waals surface area contributed by atoms with Crippen LogP contribution in [0, 0.1) is 0 Å². The predicted molar refractivity (Wildman–Crippen MR) is 82.8 cm³/mol. The first-order chi connectivity index (χ1) is 9.65. The van der Waals surface area contributed by atoms with Crippen LogP contribution in [0.3, 0.4) is 0 Å². The van der Waals surface area contributed by atoms with Crippen molar-refractivity contribution in [1.29, 1.82) is 0 Å². The molecule has 0 aromatic heterocycles. The fourth-order valence-corrected chi connectivity index (χ4v) is 2.84. The van der Waals surface area contributed by atoms with E-state index in [1.165, 1.54) is 22.3 Å². The fourth-order valence-electron chi connectivity index (χ4n) is 2.84. The third-order valence-corrected chi connectivity index (χ3v) is 3.92. The van der Waals surface area contributed by atoms with Crippen LogP contribution in [0.5, 0.6) is 0 Å². The van der Waals surface area contributed by atoms with Crippen LogP contribution in [0.4, 0.5) is 0 Å². The lowest BCUT2D eigenvalue weighted by Crippen LogP contribution is -2.27. The highest BCUT2D eigenvalue weighted by molar-refractivity contribution is 5.76. The van der Waals surface area contributed by atoms with E-state index in [1.807, 2.05) is 6.07 Å². The Morgan fingerprint density at radius 3 is 2.60 bits per heavy atom. The zero-order chi connectivity index (χ0) is 14.1. The minimum atomic E-state index is -0.439. The molecule has 0 unspecified atom stereocenters. The van der Waals surface area contributed by atoms with Crippen LogP contribution in [-0.4, -0.2) is 17.7 Å². The molecule has 3 rings (SSSR count). The Balaban J connectivity index is 1.83. The molecule has 20 heavy (non-hydrogen) atoms. The summed E-state index contributed by atoms with van der Waals surface area (Å²) in [5.41, 5.74) is 6.36. The largest absolute Gasteiger partial charge is 0.387 e. The normalized spacial score (nSPS) is 14.2. The summed E-state index contributed by atoms with van der Waals surface area (Å²) >= 11 is 0. The van der Waals surface area contributed by atoms with Gasteiger partial charge in [-0.3, -0.25) is 0 Å². The maximum atomic E-state index is 10.3. The molecule has 2 heteroatoms. The highest BCUT2D eigenvalue weighted by Crippen LogP contribution is 2.37. The fraction of sp³-hybridized carbons (Fsp3) is 0.333. The van der Waals surface area contributed by atoms with Gasteiger partial charge >= 0.3 is 0 Å². The molecular formula is C18H21NO. The van der Waals surface area contributed by atoms with Crippen molar-refractivity contribution in [3.63, 3.8) is 0 Å². The van der Waals surface area contributed by atoms with Gasteiger partial charge in [-0.25, -0.2) is 0 Å². The molecular weight excluding hydrogens is 246 g/mol. The van der Waals surface area contributed by atoms with E-state index in [0.29, 0.717) is 12.6 Å². The molecule has 0 bridgehead atoms. The highest BCUT2D eigenvalue weighted by Gasteiger charge is 2.19. The van der Waals surface area contributed by atoms with E-state index in [-0.39, 0.29) is 0 Å². The van der Waals surface area contributed by atoms with Crippen LogP contribution >= 0.6 is 0 Å². The Morgan fingerprint density at radius 1 is 1.05 bits per heavy atom. The summed E-state index contributed by atoms with van der Waals surface area (Å²) in [7, 11) is 0. The van der Waals surface area contributed by atoms with Gasteiger partial charge < -0.3 is 10.4 Å². The van der Waals surface area contributed by atoms with Gasteiger partial charge in [0.25, 0.3) is 0 Å². The molecule has 1 atom stereocenters. The van der Waals surface area contributed by atoms with Crippen molar-refractivity contribution in [1.82, 2.24) is 5.32 Å². The number of fused-ring (bicyclic) bond motifs is 3.